The van der Waals surface area contributed by atoms with Crippen LogP contribution >= 0.6 is 11.8 Å². The number of anilines is 1. The molecule has 0 saturated heterocycles. The van der Waals surface area contributed by atoms with Crippen molar-refractivity contribution in [3.8, 4) is 0 Å². The Labute approximate surface area is 187 Å². The summed E-state index contributed by atoms with van der Waals surface area (Å²) in [5.41, 5.74) is 2.73. The second-order valence-electron chi connectivity index (χ2n) is 8.59. The molecule has 1 aliphatic heterocycles. The van der Waals surface area contributed by atoms with Gasteiger partial charge in [0.25, 0.3) is 0 Å². The Morgan fingerprint density at radius 3 is 2.55 bits per heavy atom. The van der Waals surface area contributed by atoms with Crippen LogP contribution in [0, 0.1) is 5.41 Å². The Kier molecular flexibility index (Phi) is 5.88. The van der Waals surface area contributed by atoms with Gasteiger partial charge in [-0.25, -0.2) is 0 Å². The van der Waals surface area contributed by atoms with Crippen LogP contribution < -0.4 is 4.90 Å². The lowest BCUT2D eigenvalue weighted by molar-refractivity contribution is -0.117. The number of carbonyl (C=O) groups excluding carboxylic acids is 1. The van der Waals surface area contributed by atoms with Gasteiger partial charge >= 0.3 is 0 Å². The Bertz CT molecular complexity index is 1130. The van der Waals surface area contributed by atoms with Crippen molar-refractivity contribution in [2.75, 3.05) is 11.9 Å². The van der Waals surface area contributed by atoms with E-state index >= 15 is 0 Å². The van der Waals surface area contributed by atoms with Crippen LogP contribution in [0.2, 0.25) is 0 Å². The van der Waals surface area contributed by atoms with Gasteiger partial charge in [-0.05, 0) is 48.3 Å². The number of fused-ring (bicyclic) bond motifs is 1. The monoisotopic (exact) mass is 430 g/mol. The van der Waals surface area contributed by atoms with Gasteiger partial charge in [0.2, 0.25) is 0 Å². The van der Waals surface area contributed by atoms with Crippen molar-refractivity contribution in [2.24, 2.45) is 10.4 Å². The number of ketones is 1. The van der Waals surface area contributed by atoms with Crippen molar-refractivity contribution in [3.05, 3.63) is 89.2 Å². The van der Waals surface area contributed by atoms with Gasteiger partial charge in [0.15, 0.2) is 5.78 Å². The molecule has 1 fully saturated rings. The van der Waals surface area contributed by atoms with E-state index in [0.29, 0.717) is 24.1 Å². The van der Waals surface area contributed by atoms with E-state index < -0.39 is 0 Å². The molecular formula is C26H26N2O2S. The summed E-state index contributed by atoms with van der Waals surface area (Å²) in [4.78, 5) is 20.9. The van der Waals surface area contributed by atoms with Crippen LogP contribution in [-0.2, 0) is 4.79 Å². The van der Waals surface area contributed by atoms with Crippen LogP contribution in [0.4, 0.5) is 11.4 Å². The largest absolute Gasteiger partial charge is 0.507 e. The van der Waals surface area contributed by atoms with Gasteiger partial charge in [-0.1, -0.05) is 62.0 Å². The van der Waals surface area contributed by atoms with E-state index in [-0.39, 0.29) is 17.0 Å². The van der Waals surface area contributed by atoms with Crippen molar-refractivity contribution >= 4 is 34.6 Å². The summed E-state index contributed by atoms with van der Waals surface area (Å²) in [6.07, 6.45) is 6.36. The average Bonchev–Trinajstić information content (AvgIpc) is 3.03. The first-order valence-electron chi connectivity index (χ1n) is 10.3. The van der Waals surface area contributed by atoms with Crippen LogP contribution in [0.25, 0.3) is 0 Å². The molecule has 0 amide bonds. The number of hydrogen-bond acceptors (Lipinski definition) is 5. The third-order valence-electron chi connectivity index (χ3n) is 5.39. The number of nitrogens with zero attached hydrogens (tertiary/aromatic N) is 2. The number of hydrogen-bond donors (Lipinski definition) is 1. The highest BCUT2D eigenvalue weighted by Crippen LogP contribution is 2.44. The fraction of sp³-hybridized carbons (Fsp3) is 0.231. The number of carbonyl (C=O) groups is 1. The third kappa shape index (κ3) is 4.67. The molecule has 2 aromatic rings. The van der Waals surface area contributed by atoms with Crippen molar-refractivity contribution < 1.29 is 9.90 Å². The van der Waals surface area contributed by atoms with Crippen molar-refractivity contribution in [3.63, 3.8) is 0 Å². The fourth-order valence-corrected chi connectivity index (χ4v) is 4.97. The molecule has 1 aliphatic carbocycles. The van der Waals surface area contributed by atoms with Gasteiger partial charge in [0, 0.05) is 18.4 Å². The first-order valence-corrected chi connectivity index (χ1v) is 11.1. The third-order valence-corrected chi connectivity index (χ3v) is 6.58. The number of benzene rings is 2. The summed E-state index contributed by atoms with van der Waals surface area (Å²) < 4.78 is 0. The maximum atomic E-state index is 12.9. The van der Waals surface area contributed by atoms with Crippen LogP contribution in [0.3, 0.4) is 0 Å². The number of Topliss-reactive ketones (excluding diaryl/α,β-unsaturated/α-hetero) is 1. The lowest BCUT2D eigenvalue weighted by Crippen LogP contribution is -2.32. The molecule has 0 aromatic heterocycles. The summed E-state index contributed by atoms with van der Waals surface area (Å²) in [6, 6.07) is 17.8. The summed E-state index contributed by atoms with van der Waals surface area (Å²) >= 11 is 1.68. The number of aliphatic hydroxyl groups is 1. The lowest BCUT2D eigenvalue weighted by atomic mass is 9.73. The zero-order chi connectivity index (χ0) is 22.0. The van der Waals surface area contributed by atoms with Gasteiger partial charge in [0.05, 0.1) is 27.7 Å². The molecule has 1 saturated carbocycles. The molecule has 4 nitrogen and oxygen atoms in total. The Balaban J connectivity index is 1.64. The second kappa shape index (κ2) is 8.60. The maximum Gasteiger partial charge on any atom is 0.168 e. The topological polar surface area (TPSA) is 52.9 Å². The van der Waals surface area contributed by atoms with E-state index in [2.05, 4.69) is 30.9 Å². The molecule has 2 aliphatic rings. The van der Waals surface area contributed by atoms with Crippen LogP contribution in [0.5, 0.6) is 0 Å². The van der Waals surface area contributed by atoms with Crippen molar-refractivity contribution in [1.82, 2.24) is 0 Å². The highest BCUT2D eigenvalue weighted by Gasteiger charge is 2.36. The van der Waals surface area contributed by atoms with E-state index in [0.717, 1.165) is 16.4 Å². The molecular weight excluding hydrogens is 404 g/mol. The summed E-state index contributed by atoms with van der Waals surface area (Å²) in [5, 5.41) is 11.9. The molecule has 1 heterocycles. The number of aliphatic imine (C=N–C) groups is 1. The first-order chi connectivity index (χ1) is 14.8. The molecule has 0 radical (unpaired) electrons. The fourth-order valence-electron chi connectivity index (χ4n) is 3.90. The summed E-state index contributed by atoms with van der Waals surface area (Å²) in [6.45, 7) is 4.12. The van der Waals surface area contributed by atoms with E-state index in [4.69, 9.17) is 4.99 Å². The van der Waals surface area contributed by atoms with Gasteiger partial charge in [0.1, 0.15) is 5.76 Å². The lowest BCUT2D eigenvalue weighted by Gasteiger charge is -2.31. The molecule has 1 N–H and O–H groups in total. The second-order valence-corrected chi connectivity index (χ2v) is 9.65. The molecule has 0 unspecified atom stereocenters. The van der Waals surface area contributed by atoms with Crippen molar-refractivity contribution in [2.45, 2.75) is 31.6 Å². The number of aliphatic hydroxyl groups excluding tert-OH is 1. The molecule has 0 spiro atoms. The van der Waals surface area contributed by atoms with Crippen LogP contribution in [0.15, 0.2) is 99.1 Å². The minimum Gasteiger partial charge on any atom is -0.507 e. The molecule has 0 bridgehead atoms. The summed E-state index contributed by atoms with van der Waals surface area (Å²) in [5.74, 6) is -0.101. The molecule has 158 valence electrons. The minimum absolute atomic E-state index is 0.0322. The highest BCUT2D eigenvalue weighted by molar-refractivity contribution is 8.03. The summed E-state index contributed by atoms with van der Waals surface area (Å²) in [7, 11) is 2.02. The molecule has 5 heteroatoms. The molecule has 4 rings (SSSR count). The highest BCUT2D eigenvalue weighted by atomic mass is 32.2. The zero-order valence-corrected chi connectivity index (χ0v) is 18.8. The average molecular weight is 431 g/mol. The van der Waals surface area contributed by atoms with Crippen LogP contribution in [0.1, 0.15) is 26.7 Å². The van der Waals surface area contributed by atoms with Crippen molar-refractivity contribution in [1.29, 1.82) is 0 Å². The number of thioether (sulfide) groups is 1. The van der Waals surface area contributed by atoms with Gasteiger partial charge in [-0.3, -0.25) is 9.79 Å². The normalized spacial score (nSPS) is 22.4. The van der Waals surface area contributed by atoms with Gasteiger partial charge < -0.3 is 10.0 Å². The standard InChI is InChI=1S/C26H26N2O2S/c1-26(2)16-19(27-18-10-5-4-6-11-18)25(22(30)17-26)21(29)13-9-15-24-28(3)20-12-7-8-14-23(20)31-24/h4-15,29H,16-17H2,1-3H3/b13-9+,24-15+,25-21-,27-19?. The molecule has 0 atom stereocenters. The van der Waals surface area contributed by atoms with E-state index in [1.54, 1.807) is 23.9 Å². The SMILES string of the molecule is CN1\C(=C/C=C/C(O)=C2/C(=O)CC(C)(C)CC2=Nc2ccccc2)Sc2ccccc21. The quantitative estimate of drug-likeness (QED) is 0.440. The molecule has 31 heavy (non-hydrogen) atoms. The minimum atomic E-state index is -0.185. The Morgan fingerprint density at radius 2 is 1.81 bits per heavy atom. The van der Waals surface area contributed by atoms with E-state index in [1.807, 2.05) is 55.6 Å². The van der Waals surface area contributed by atoms with Crippen LogP contribution in [-0.4, -0.2) is 23.6 Å². The molecule has 2 aromatic carbocycles. The maximum absolute atomic E-state index is 12.9. The van der Waals surface area contributed by atoms with E-state index in [1.165, 1.54) is 4.90 Å². The predicted molar refractivity (Wildman–Crippen MR) is 129 cm³/mol. The number of para-hydroxylation sites is 2. The predicted octanol–water partition coefficient (Wildman–Crippen LogP) is 6.60. The van der Waals surface area contributed by atoms with Gasteiger partial charge in [-0.2, -0.15) is 0 Å². The Morgan fingerprint density at radius 1 is 1.10 bits per heavy atom. The zero-order valence-electron chi connectivity index (χ0n) is 18.0. The smallest absolute Gasteiger partial charge is 0.168 e. The Hall–Kier alpha value is -3.05. The van der Waals surface area contributed by atoms with Gasteiger partial charge in [-0.15, -0.1) is 0 Å². The van der Waals surface area contributed by atoms with E-state index in [9.17, 15) is 9.90 Å². The number of allylic oxidation sites excluding steroid dienone is 4. The first kappa shape index (κ1) is 21.2. The number of rotatable bonds is 3.